The van der Waals surface area contributed by atoms with E-state index in [9.17, 15) is 9.18 Å². The van der Waals surface area contributed by atoms with Crippen LogP contribution in [-0.2, 0) is 0 Å². The lowest BCUT2D eigenvalue weighted by Crippen LogP contribution is -2.26. The van der Waals surface area contributed by atoms with E-state index in [4.69, 9.17) is 0 Å². The Kier molecular flexibility index (Phi) is 3.17. The van der Waals surface area contributed by atoms with Gasteiger partial charge in [0.25, 0.3) is 5.91 Å². The third-order valence-corrected chi connectivity index (χ3v) is 3.78. The molecule has 0 heterocycles. The number of amides is 1. The van der Waals surface area contributed by atoms with Crippen LogP contribution < -0.4 is 5.32 Å². The number of nitrogens with one attached hydrogen (secondary N) is 1. The molecule has 0 saturated heterocycles. The van der Waals surface area contributed by atoms with Crippen LogP contribution in [0.15, 0.2) is 23.1 Å². The fraction of sp³-hybridized carbons (Fsp3) is 0.462. The summed E-state index contributed by atoms with van der Waals surface area (Å²) in [6.07, 6.45) is 1.15. The lowest BCUT2D eigenvalue weighted by Gasteiger charge is -2.07. The molecule has 2 nitrogen and oxygen atoms in total. The van der Waals surface area contributed by atoms with Gasteiger partial charge in [0.15, 0.2) is 0 Å². The van der Waals surface area contributed by atoms with Crippen molar-refractivity contribution in [3.05, 3.63) is 29.6 Å². The Morgan fingerprint density at radius 3 is 2.76 bits per heavy atom. The lowest BCUT2D eigenvalue weighted by molar-refractivity contribution is 0.0950. The first-order valence-corrected chi connectivity index (χ1v) is 6.11. The van der Waals surface area contributed by atoms with E-state index in [1.807, 2.05) is 0 Å². The molecular weight excluding hydrogens is 237 g/mol. The van der Waals surface area contributed by atoms with Gasteiger partial charge in [-0.15, -0.1) is 12.6 Å². The first kappa shape index (κ1) is 12.4. The van der Waals surface area contributed by atoms with Crippen molar-refractivity contribution >= 4 is 18.5 Å². The van der Waals surface area contributed by atoms with Crippen molar-refractivity contribution in [3.8, 4) is 0 Å². The van der Waals surface area contributed by atoms with Gasteiger partial charge < -0.3 is 5.32 Å². The van der Waals surface area contributed by atoms with Gasteiger partial charge in [-0.05, 0) is 36.0 Å². The predicted molar refractivity (Wildman–Crippen MR) is 67.9 cm³/mol. The first-order chi connectivity index (χ1) is 7.90. The summed E-state index contributed by atoms with van der Waals surface area (Å²) in [5.41, 5.74) is 0.806. The van der Waals surface area contributed by atoms with Gasteiger partial charge in [0.05, 0.1) is 0 Å². The molecule has 1 aliphatic rings. The standard InChI is InChI=1S/C13H16FNOS/c1-13(2)6-9(13)7-15-12(16)8-3-4-10(14)11(17)5-8/h3-5,9,17H,6-7H2,1-2H3,(H,15,16). The summed E-state index contributed by atoms with van der Waals surface area (Å²) in [6, 6.07) is 4.19. The van der Waals surface area contributed by atoms with Crippen molar-refractivity contribution in [1.82, 2.24) is 5.32 Å². The normalized spacial score (nSPS) is 21.1. The Hall–Kier alpha value is -1.03. The van der Waals surface area contributed by atoms with Crippen LogP contribution in [0.3, 0.4) is 0 Å². The fourth-order valence-electron chi connectivity index (χ4n) is 1.90. The Balaban J connectivity index is 1.93. The molecule has 0 aliphatic heterocycles. The average Bonchev–Trinajstić information content (AvgIpc) is 2.87. The van der Waals surface area contributed by atoms with Gasteiger partial charge in [-0.1, -0.05) is 13.8 Å². The zero-order valence-electron chi connectivity index (χ0n) is 9.96. The highest BCUT2D eigenvalue weighted by molar-refractivity contribution is 7.80. The number of carbonyl (C=O) groups is 1. The molecule has 1 aromatic rings. The maximum Gasteiger partial charge on any atom is 0.251 e. The van der Waals surface area contributed by atoms with E-state index < -0.39 is 5.82 Å². The van der Waals surface area contributed by atoms with E-state index in [-0.39, 0.29) is 10.8 Å². The molecule has 1 aromatic carbocycles. The van der Waals surface area contributed by atoms with Gasteiger partial charge in [-0.3, -0.25) is 4.79 Å². The molecule has 0 radical (unpaired) electrons. The summed E-state index contributed by atoms with van der Waals surface area (Å²) in [5.74, 6) is -0.0152. The molecule has 1 aliphatic carbocycles. The van der Waals surface area contributed by atoms with Crippen LogP contribution in [0.2, 0.25) is 0 Å². The summed E-state index contributed by atoms with van der Waals surface area (Å²) < 4.78 is 13.0. The monoisotopic (exact) mass is 253 g/mol. The van der Waals surface area contributed by atoms with Crippen molar-refractivity contribution in [2.24, 2.45) is 11.3 Å². The number of hydrogen-bond donors (Lipinski definition) is 2. The number of halogens is 1. The molecular formula is C13H16FNOS. The number of benzene rings is 1. The number of thiol groups is 1. The summed E-state index contributed by atoms with van der Waals surface area (Å²) in [7, 11) is 0. The Morgan fingerprint density at radius 1 is 1.59 bits per heavy atom. The van der Waals surface area contributed by atoms with E-state index in [1.54, 1.807) is 0 Å². The van der Waals surface area contributed by atoms with Gasteiger partial charge in [0.2, 0.25) is 0 Å². The quantitative estimate of drug-likeness (QED) is 0.797. The topological polar surface area (TPSA) is 29.1 Å². The van der Waals surface area contributed by atoms with Gasteiger partial charge in [-0.2, -0.15) is 0 Å². The van der Waals surface area contributed by atoms with E-state index in [0.717, 1.165) is 6.42 Å². The van der Waals surface area contributed by atoms with Crippen LogP contribution in [-0.4, -0.2) is 12.5 Å². The molecule has 1 atom stereocenters. The van der Waals surface area contributed by atoms with Crippen LogP contribution in [0.4, 0.5) is 4.39 Å². The molecule has 1 unspecified atom stereocenters. The third-order valence-electron chi connectivity index (χ3n) is 3.43. The molecule has 1 fully saturated rings. The van der Waals surface area contributed by atoms with Crippen molar-refractivity contribution in [2.45, 2.75) is 25.2 Å². The highest BCUT2D eigenvalue weighted by Gasteiger charge is 2.45. The van der Waals surface area contributed by atoms with E-state index in [0.29, 0.717) is 23.4 Å². The van der Waals surface area contributed by atoms with Crippen LogP contribution in [0.1, 0.15) is 30.6 Å². The predicted octanol–water partition coefficient (Wildman–Crippen LogP) is 2.89. The minimum atomic E-state index is -0.409. The molecule has 0 spiro atoms. The first-order valence-electron chi connectivity index (χ1n) is 5.67. The van der Waals surface area contributed by atoms with E-state index >= 15 is 0 Å². The summed E-state index contributed by atoms with van der Waals surface area (Å²) in [5, 5.41) is 2.87. The third kappa shape index (κ3) is 2.80. The second-order valence-corrected chi connectivity index (χ2v) is 5.75. The van der Waals surface area contributed by atoms with Gasteiger partial charge >= 0.3 is 0 Å². The number of rotatable bonds is 3. The van der Waals surface area contributed by atoms with Crippen molar-refractivity contribution in [2.75, 3.05) is 6.54 Å². The highest BCUT2D eigenvalue weighted by atomic mass is 32.1. The Bertz CT molecular complexity index is 459. The largest absolute Gasteiger partial charge is 0.352 e. The maximum absolute atomic E-state index is 13.0. The van der Waals surface area contributed by atoms with E-state index in [2.05, 4.69) is 31.8 Å². The van der Waals surface area contributed by atoms with Crippen molar-refractivity contribution < 1.29 is 9.18 Å². The second kappa shape index (κ2) is 4.33. The van der Waals surface area contributed by atoms with E-state index in [1.165, 1.54) is 18.2 Å². The van der Waals surface area contributed by atoms with Gasteiger partial charge in [0.1, 0.15) is 5.82 Å². The molecule has 2 rings (SSSR count). The average molecular weight is 253 g/mol. The Labute approximate surface area is 106 Å². The zero-order chi connectivity index (χ0) is 12.6. The summed E-state index contributed by atoms with van der Waals surface area (Å²) in [4.78, 5) is 12.0. The maximum atomic E-state index is 13.0. The minimum Gasteiger partial charge on any atom is -0.352 e. The molecule has 1 amide bonds. The highest BCUT2D eigenvalue weighted by Crippen LogP contribution is 2.50. The molecule has 1 N–H and O–H groups in total. The zero-order valence-corrected chi connectivity index (χ0v) is 10.9. The summed E-state index contributed by atoms with van der Waals surface area (Å²) >= 11 is 3.96. The number of carbonyl (C=O) groups excluding carboxylic acids is 1. The van der Waals surface area contributed by atoms with Crippen LogP contribution >= 0.6 is 12.6 Å². The molecule has 17 heavy (non-hydrogen) atoms. The number of hydrogen-bond acceptors (Lipinski definition) is 2. The SMILES string of the molecule is CC1(C)CC1CNC(=O)c1ccc(F)c(S)c1. The molecule has 92 valence electrons. The minimum absolute atomic E-state index is 0.164. The smallest absolute Gasteiger partial charge is 0.251 e. The molecule has 0 aromatic heterocycles. The van der Waals surface area contributed by atoms with Crippen molar-refractivity contribution in [1.29, 1.82) is 0 Å². The molecule has 1 saturated carbocycles. The van der Waals surface area contributed by atoms with Gasteiger partial charge in [-0.25, -0.2) is 4.39 Å². The second-order valence-electron chi connectivity index (χ2n) is 5.27. The lowest BCUT2D eigenvalue weighted by atomic mass is 10.1. The molecule has 0 bridgehead atoms. The Morgan fingerprint density at radius 2 is 2.24 bits per heavy atom. The molecule has 4 heteroatoms. The van der Waals surface area contributed by atoms with Crippen molar-refractivity contribution in [3.63, 3.8) is 0 Å². The van der Waals surface area contributed by atoms with Crippen LogP contribution in [0.5, 0.6) is 0 Å². The van der Waals surface area contributed by atoms with Crippen LogP contribution in [0.25, 0.3) is 0 Å². The fourth-order valence-corrected chi connectivity index (χ4v) is 2.11. The van der Waals surface area contributed by atoms with Gasteiger partial charge in [0, 0.05) is 17.0 Å². The summed E-state index contributed by atoms with van der Waals surface area (Å²) in [6.45, 7) is 5.06. The van der Waals surface area contributed by atoms with Crippen LogP contribution in [0, 0.1) is 17.2 Å².